The molecule has 5 nitrogen and oxygen atoms in total. The number of nitrogens with zero attached hydrogens (tertiary/aromatic N) is 3. The van der Waals surface area contributed by atoms with E-state index >= 15 is 0 Å². The van der Waals surface area contributed by atoms with Gasteiger partial charge in [0.15, 0.2) is 5.65 Å². The van der Waals surface area contributed by atoms with Crippen LogP contribution < -0.4 is 5.32 Å². The fourth-order valence-corrected chi connectivity index (χ4v) is 2.17. The molecule has 0 aliphatic carbocycles. The van der Waals surface area contributed by atoms with Gasteiger partial charge in [-0.05, 0) is 56.2 Å². The molecule has 0 bridgehead atoms. The highest BCUT2D eigenvalue weighted by atomic mass is 16.1. The summed E-state index contributed by atoms with van der Waals surface area (Å²) in [5.41, 5.74) is 4.37. The third-order valence-corrected chi connectivity index (χ3v) is 3.61. The Balaban J connectivity index is 1.87. The normalized spacial score (nSPS) is 10.8. The highest BCUT2D eigenvalue weighted by Gasteiger charge is 2.09. The van der Waals surface area contributed by atoms with Crippen molar-refractivity contribution >= 4 is 17.2 Å². The van der Waals surface area contributed by atoms with Gasteiger partial charge < -0.3 is 5.32 Å². The lowest BCUT2D eigenvalue weighted by molar-refractivity contribution is 0.102. The van der Waals surface area contributed by atoms with E-state index in [0.717, 1.165) is 17.1 Å². The van der Waals surface area contributed by atoms with Gasteiger partial charge in [-0.2, -0.15) is 0 Å². The third kappa shape index (κ3) is 2.50. The highest BCUT2D eigenvalue weighted by molar-refractivity contribution is 6.04. The summed E-state index contributed by atoms with van der Waals surface area (Å²) in [7, 11) is 0. The molecule has 0 spiro atoms. The molecule has 21 heavy (non-hydrogen) atoms. The molecule has 0 unspecified atom stereocenters. The van der Waals surface area contributed by atoms with Gasteiger partial charge in [-0.1, -0.05) is 6.07 Å². The van der Waals surface area contributed by atoms with Crippen molar-refractivity contribution in [3.8, 4) is 0 Å². The van der Waals surface area contributed by atoms with Gasteiger partial charge in [-0.3, -0.25) is 9.20 Å². The van der Waals surface area contributed by atoms with Crippen molar-refractivity contribution in [2.45, 2.75) is 20.8 Å². The number of carbonyl (C=O) groups excluding carboxylic acids is 1. The Morgan fingerprint density at radius 3 is 2.62 bits per heavy atom. The first-order chi connectivity index (χ1) is 10.0. The summed E-state index contributed by atoms with van der Waals surface area (Å²) in [5, 5.41) is 10.9. The van der Waals surface area contributed by atoms with Crippen LogP contribution >= 0.6 is 0 Å². The van der Waals surface area contributed by atoms with Crippen LogP contribution in [0.2, 0.25) is 0 Å². The molecule has 0 saturated carbocycles. The number of anilines is 1. The second-order valence-electron chi connectivity index (χ2n) is 5.14. The summed E-state index contributed by atoms with van der Waals surface area (Å²) >= 11 is 0. The molecule has 0 aliphatic rings. The van der Waals surface area contributed by atoms with Crippen LogP contribution in [0, 0.1) is 20.8 Å². The zero-order valence-corrected chi connectivity index (χ0v) is 12.2. The van der Waals surface area contributed by atoms with Crippen molar-refractivity contribution < 1.29 is 4.79 Å². The summed E-state index contributed by atoms with van der Waals surface area (Å²) in [6, 6.07) is 9.36. The molecule has 2 aromatic heterocycles. The second-order valence-corrected chi connectivity index (χ2v) is 5.14. The van der Waals surface area contributed by atoms with Gasteiger partial charge in [0.2, 0.25) is 0 Å². The van der Waals surface area contributed by atoms with E-state index in [9.17, 15) is 4.79 Å². The molecule has 1 N–H and O–H groups in total. The number of hydrogen-bond donors (Lipinski definition) is 1. The molecule has 5 heteroatoms. The van der Waals surface area contributed by atoms with Crippen LogP contribution in [0.5, 0.6) is 0 Å². The fourth-order valence-electron chi connectivity index (χ4n) is 2.17. The van der Waals surface area contributed by atoms with E-state index in [4.69, 9.17) is 0 Å². The SMILES string of the molecule is Cc1ccc(NC(=O)c2ccn3c(C)nnc3c2)cc1C. The van der Waals surface area contributed by atoms with Crippen LogP contribution in [-0.2, 0) is 0 Å². The molecule has 0 saturated heterocycles. The van der Waals surface area contributed by atoms with Crippen molar-refractivity contribution in [2.75, 3.05) is 5.32 Å². The minimum Gasteiger partial charge on any atom is -0.322 e. The molecular weight excluding hydrogens is 264 g/mol. The lowest BCUT2D eigenvalue weighted by Gasteiger charge is -2.08. The highest BCUT2D eigenvalue weighted by Crippen LogP contribution is 2.16. The van der Waals surface area contributed by atoms with Crippen molar-refractivity contribution in [2.24, 2.45) is 0 Å². The topological polar surface area (TPSA) is 59.3 Å². The minimum absolute atomic E-state index is 0.151. The number of carbonyl (C=O) groups is 1. The van der Waals surface area contributed by atoms with E-state index in [1.807, 2.05) is 43.4 Å². The molecule has 3 rings (SSSR count). The predicted octanol–water partition coefficient (Wildman–Crippen LogP) is 2.91. The largest absolute Gasteiger partial charge is 0.322 e. The third-order valence-electron chi connectivity index (χ3n) is 3.61. The van der Waals surface area contributed by atoms with Crippen LogP contribution in [0.25, 0.3) is 5.65 Å². The molecule has 1 amide bonds. The first kappa shape index (κ1) is 13.3. The van der Waals surface area contributed by atoms with Crippen molar-refractivity contribution in [3.05, 3.63) is 59.0 Å². The zero-order chi connectivity index (χ0) is 15.0. The molecule has 2 heterocycles. The van der Waals surface area contributed by atoms with Gasteiger partial charge in [0.05, 0.1) is 0 Å². The monoisotopic (exact) mass is 280 g/mol. The zero-order valence-electron chi connectivity index (χ0n) is 12.2. The molecule has 1 aromatic carbocycles. The molecule has 0 radical (unpaired) electrons. The van der Waals surface area contributed by atoms with Gasteiger partial charge in [0.25, 0.3) is 5.91 Å². The lowest BCUT2D eigenvalue weighted by atomic mass is 10.1. The van der Waals surface area contributed by atoms with Crippen molar-refractivity contribution in [1.29, 1.82) is 0 Å². The fraction of sp³-hybridized carbons (Fsp3) is 0.188. The summed E-state index contributed by atoms with van der Waals surface area (Å²) in [4.78, 5) is 12.3. The standard InChI is InChI=1S/C16H16N4O/c1-10-4-5-14(8-11(10)2)17-16(21)13-6-7-20-12(3)18-19-15(20)9-13/h4-9H,1-3H3,(H,17,21). The van der Waals surface area contributed by atoms with Crippen LogP contribution in [0.3, 0.4) is 0 Å². The van der Waals surface area contributed by atoms with Gasteiger partial charge in [-0.15, -0.1) is 10.2 Å². The number of hydrogen-bond acceptors (Lipinski definition) is 3. The Bertz CT molecular complexity index is 835. The summed E-state index contributed by atoms with van der Waals surface area (Å²) in [5.74, 6) is 0.646. The molecule has 106 valence electrons. The summed E-state index contributed by atoms with van der Waals surface area (Å²) < 4.78 is 1.84. The van der Waals surface area contributed by atoms with E-state index < -0.39 is 0 Å². The molecule has 3 aromatic rings. The van der Waals surface area contributed by atoms with Gasteiger partial charge in [0, 0.05) is 17.4 Å². The van der Waals surface area contributed by atoms with Crippen LogP contribution in [0.1, 0.15) is 27.3 Å². The van der Waals surface area contributed by atoms with E-state index in [-0.39, 0.29) is 5.91 Å². The molecule has 0 fully saturated rings. The molecular formula is C16H16N4O. The maximum Gasteiger partial charge on any atom is 0.255 e. The number of benzene rings is 1. The Morgan fingerprint density at radius 1 is 1.05 bits per heavy atom. The number of nitrogens with one attached hydrogen (secondary N) is 1. The van der Waals surface area contributed by atoms with Gasteiger partial charge in [0.1, 0.15) is 5.82 Å². The average molecular weight is 280 g/mol. The van der Waals surface area contributed by atoms with Crippen LogP contribution in [0.15, 0.2) is 36.5 Å². The summed E-state index contributed by atoms with van der Waals surface area (Å²) in [6.45, 7) is 5.94. The molecule has 0 atom stereocenters. The number of rotatable bonds is 2. The Morgan fingerprint density at radius 2 is 1.86 bits per heavy atom. The van der Waals surface area contributed by atoms with E-state index in [2.05, 4.69) is 15.5 Å². The van der Waals surface area contributed by atoms with Crippen molar-refractivity contribution in [1.82, 2.24) is 14.6 Å². The first-order valence-corrected chi connectivity index (χ1v) is 6.74. The number of pyridine rings is 1. The van der Waals surface area contributed by atoms with Gasteiger partial charge >= 0.3 is 0 Å². The van der Waals surface area contributed by atoms with Crippen molar-refractivity contribution in [3.63, 3.8) is 0 Å². The summed E-state index contributed by atoms with van der Waals surface area (Å²) in [6.07, 6.45) is 1.81. The number of amides is 1. The maximum absolute atomic E-state index is 12.3. The van der Waals surface area contributed by atoms with E-state index in [1.165, 1.54) is 5.56 Å². The Hall–Kier alpha value is -2.69. The Labute approximate surface area is 122 Å². The number of aromatic nitrogens is 3. The predicted molar refractivity (Wildman–Crippen MR) is 81.6 cm³/mol. The average Bonchev–Trinajstić information content (AvgIpc) is 2.84. The number of fused-ring (bicyclic) bond motifs is 1. The Kier molecular flexibility index (Phi) is 3.17. The molecule has 0 aliphatic heterocycles. The smallest absolute Gasteiger partial charge is 0.255 e. The van der Waals surface area contributed by atoms with E-state index in [0.29, 0.717) is 11.2 Å². The number of aryl methyl sites for hydroxylation is 3. The van der Waals surface area contributed by atoms with Gasteiger partial charge in [-0.25, -0.2) is 0 Å². The quantitative estimate of drug-likeness (QED) is 0.785. The maximum atomic E-state index is 12.3. The first-order valence-electron chi connectivity index (χ1n) is 6.74. The second kappa shape index (κ2) is 5.01. The minimum atomic E-state index is -0.151. The van der Waals surface area contributed by atoms with Crippen LogP contribution in [-0.4, -0.2) is 20.5 Å². The lowest BCUT2D eigenvalue weighted by Crippen LogP contribution is -2.12. The van der Waals surface area contributed by atoms with E-state index in [1.54, 1.807) is 18.3 Å². The van der Waals surface area contributed by atoms with Crippen LogP contribution in [0.4, 0.5) is 5.69 Å².